The normalized spacial score (nSPS) is 17.5. The van der Waals surface area contributed by atoms with Gasteiger partial charge in [0, 0.05) is 10.6 Å². The fraction of sp³-hybridized carbons (Fsp3) is 0.167. The second-order valence-corrected chi connectivity index (χ2v) is 3.75. The van der Waals surface area contributed by atoms with Gasteiger partial charge in [0.05, 0.1) is 0 Å². The molecule has 1 aliphatic heterocycles. The molecule has 0 bridgehead atoms. The third kappa shape index (κ3) is 2.14. The third-order valence-electron chi connectivity index (χ3n) is 2.11. The molecular weight excluding hydrogens is 226 g/mol. The SMILES string of the molecule is CC/C=C1/N=C(c2ccc(Cl)cc2)OC1=O. The fourth-order valence-electron chi connectivity index (χ4n) is 1.36. The summed E-state index contributed by atoms with van der Waals surface area (Å²) in [7, 11) is 0. The molecule has 2 rings (SSSR count). The van der Waals surface area contributed by atoms with Crippen LogP contribution in [0.5, 0.6) is 0 Å². The number of carbonyl (C=O) groups excluding carboxylic acids is 1. The van der Waals surface area contributed by atoms with Crippen molar-refractivity contribution in [2.75, 3.05) is 0 Å². The molecule has 0 unspecified atom stereocenters. The van der Waals surface area contributed by atoms with Gasteiger partial charge in [0.25, 0.3) is 0 Å². The van der Waals surface area contributed by atoms with Crippen LogP contribution in [0.2, 0.25) is 5.02 Å². The Morgan fingerprint density at radius 1 is 1.38 bits per heavy atom. The number of nitrogens with zero attached hydrogens (tertiary/aromatic N) is 1. The number of hydrogen-bond acceptors (Lipinski definition) is 3. The zero-order valence-corrected chi connectivity index (χ0v) is 9.49. The molecule has 82 valence electrons. The van der Waals surface area contributed by atoms with E-state index < -0.39 is 5.97 Å². The number of carbonyl (C=O) groups is 1. The predicted molar refractivity (Wildman–Crippen MR) is 62.5 cm³/mol. The lowest BCUT2D eigenvalue weighted by molar-refractivity contribution is -0.130. The first-order chi connectivity index (χ1) is 7.70. The molecule has 1 aliphatic rings. The highest BCUT2D eigenvalue weighted by Gasteiger charge is 2.23. The molecule has 0 atom stereocenters. The van der Waals surface area contributed by atoms with Crippen molar-refractivity contribution in [3.63, 3.8) is 0 Å². The van der Waals surface area contributed by atoms with E-state index in [0.29, 0.717) is 16.6 Å². The molecular formula is C12H10ClNO2. The van der Waals surface area contributed by atoms with Crippen LogP contribution in [0.4, 0.5) is 0 Å². The van der Waals surface area contributed by atoms with Crippen molar-refractivity contribution in [1.82, 2.24) is 0 Å². The standard InChI is InChI=1S/C12H10ClNO2/c1-2-3-10-12(15)16-11(14-10)8-4-6-9(13)7-5-8/h3-7H,2H2,1H3/b10-3+. The van der Waals surface area contributed by atoms with Crippen LogP contribution in [-0.4, -0.2) is 11.9 Å². The van der Waals surface area contributed by atoms with Gasteiger partial charge in [-0.25, -0.2) is 9.79 Å². The average Bonchev–Trinajstić information content (AvgIpc) is 2.62. The van der Waals surface area contributed by atoms with Crippen LogP contribution in [0.25, 0.3) is 0 Å². The van der Waals surface area contributed by atoms with Gasteiger partial charge in [-0.3, -0.25) is 0 Å². The van der Waals surface area contributed by atoms with Crippen LogP contribution in [-0.2, 0) is 9.53 Å². The van der Waals surface area contributed by atoms with E-state index in [0.717, 1.165) is 12.0 Å². The molecule has 0 amide bonds. The van der Waals surface area contributed by atoms with E-state index in [-0.39, 0.29) is 0 Å². The highest BCUT2D eigenvalue weighted by Crippen LogP contribution is 2.18. The molecule has 0 saturated carbocycles. The lowest BCUT2D eigenvalue weighted by atomic mass is 10.2. The molecule has 0 N–H and O–H groups in total. The summed E-state index contributed by atoms with van der Waals surface area (Å²) in [4.78, 5) is 15.5. The number of benzene rings is 1. The van der Waals surface area contributed by atoms with E-state index in [1.807, 2.05) is 6.92 Å². The molecule has 1 aromatic rings. The van der Waals surface area contributed by atoms with Crippen molar-refractivity contribution in [2.24, 2.45) is 4.99 Å². The van der Waals surface area contributed by atoms with Gasteiger partial charge >= 0.3 is 5.97 Å². The van der Waals surface area contributed by atoms with E-state index >= 15 is 0 Å². The van der Waals surface area contributed by atoms with Gasteiger partial charge < -0.3 is 4.74 Å². The van der Waals surface area contributed by atoms with Crippen molar-refractivity contribution in [3.05, 3.63) is 46.6 Å². The second-order valence-electron chi connectivity index (χ2n) is 3.31. The van der Waals surface area contributed by atoms with Crippen molar-refractivity contribution >= 4 is 23.5 Å². The van der Waals surface area contributed by atoms with Crippen LogP contribution in [0.1, 0.15) is 18.9 Å². The highest BCUT2D eigenvalue weighted by atomic mass is 35.5. The molecule has 0 saturated heterocycles. The van der Waals surface area contributed by atoms with Crippen LogP contribution in [0, 0.1) is 0 Å². The number of allylic oxidation sites excluding steroid dienone is 1. The Labute approximate surface area is 98.4 Å². The number of esters is 1. The third-order valence-corrected chi connectivity index (χ3v) is 2.36. The van der Waals surface area contributed by atoms with Crippen LogP contribution in [0.15, 0.2) is 41.0 Å². The van der Waals surface area contributed by atoms with Gasteiger partial charge in [-0.1, -0.05) is 24.6 Å². The Hall–Kier alpha value is -1.61. The number of halogens is 1. The highest BCUT2D eigenvalue weighted by molar-refractivity contribution is 6.30. The Kier molecular flexibility index (Phi) is 3.06. The summed E-state index contributed by atoms with van der Waals surface area (Å²) in [6, 6.07) is 7.00. The van der Waals surface area contributed by atoms with Crippen molar-refractivity contribution in [1.29, 1.82) is 0 Å². The van der Waals surface area contributed by atoms with E-state index in [9.17, 15) is 4.79 Å². The lowest BCUT2D eigenvalue weighted by Crippen LogP contribution is -2.05. The quantitative estimate of drug-likeness (QED) is 0.584. The minimum Gasteiger partial charge on any atom is -0.402 e. The first-order valence-electron chi connectivity index (χ1n) is 4.97. The van der Waals surface area contributed by atoms with Crippen molar-refractivity contribution in [2.45, 2.75) is 13.3 Å². The van der Waals surface area contributed by atoms with E-state index in [1.54, 1.807) is 30.3 Å². The second kappa shape index (κ2) is 4.49. The molecule has 1 heterocycles. The largest absolute Gasteiger partial charge is 0.402 e. The Morgan fingerprint density at radius 3 is 2.69 bits per heavy atom. The van der Waals surface area contributed by atoms with Crippen LogP contribution in [0.3, 0.4) is 0 Å². The van der Waals surface area contributed by atoms with E-state index in [4.69, 9.17) is 16.3 Å². The topological polar surface area (TPSA) is 38.7 Å². The Morgan fingerprint density at radius 2 is 2.06 bits per heavy atom. The predicted octanol–water partition coefficient (Wildman–Crippen LogP) is 2.94. The van der Waals surface area contributed by atoms with Crippen LogP contribution < -0.4 is 0 Å². The monoisotopic (exact) mass is 235 g/mol. The maximum absolute atomic E-state index is 11.4. The molecule has 0 aromatic heterocycles. The summed E-state index contributed by atoms with van der Waals surface area (Å²) >= 11 is 5.77. The van der Waals surface area contributed by atoms with Crippen LogP contribution >= 0.6 is 11.6 Å². The molecule has 16 heavy (non-hydrogen) atoms. The van der Waals surface area contributed by atoms with Crippen molar-refractivity contribution < 1.29 is 9.53 Å². The summed E-state index contributed by atoms with van der Waals surface area (Å²) in [6.45, 7) is 1.94. The molecule has 0 radical (unpaired) electrons. The molecule has 1 aromatic carbocycles. The number of cyclic esters (lactones) is 1. The smallest absolute Gasteiger partial charge is 0.363 e. The first kappa shape index (κ1) is 10.9. The zero-order chi connectivity index (χ0) is 11.5. The lowest BCUT2D eigenvalue weighted by Gasteiger charge is -1.98. The maximum Gasteiger partial charge on any atom is 0.363 e. The summed E-state index contributed by atoms with van der Waals surface area (Å²) in [6.07, 6.45) is 2.49. The fourth-order valence-corrected chi connectivity index (χ4v) is 1.48. The summed E-state index contributed by atoms with van der Waals surface area (Å²) in [5, 5.41) is 0.637. The summed E-state index contributed by atoms with van der Waals surface area (Å²) in [5.41, 5.74) is 1.12. The minimum absolute atomic E-state index is 0.335. The van der Waals surface area contributed by atoms with Gasteiger partial charge in [-0.05, 0) is 30.7 Å². The minimum atomic E-state index is -0.396. The Bertz CT molecular complexity index is 474. The molecule has 4 heteroatoms. The van der Waals surface area contributed by atoms with E-state index in [2.05, 4.69) is 4.99 Å². The maximum atomic E-state index is 11.4. The Balaban J connectivity index is 2.30. The van der Waals surface area contributed by atoms with Crippen molar-refractivity contribution in [3.8, 4) is 0 Å². The molecule has 0 spiro atoms. The first-order valence-corrected chi connectivity index (χ1v) is 5.35. The van der Waals surface area contributed by atoms with E-state index in [1.165, 1.54) is 0 Å². The van der Waals surface area contributed by atoms with Gasteiger partial charge in [0.1, 0.15) is 5.70 Å². The summed E-state index contributed by atoms with van der Waals surface area (Å²) < 4.78 is 5.05. The number of rotatable bonds is 2. The zero-order valence-electron chi connectivity index (χ0n) is 8.74. The number of hydrogen-bond donors (Lipinski definition) is 0. The molecule has 0 aliphatic carbocycles. The molecule has 0 fully saturated rings. The average molecular weight is 236 g/mol. The molecule has 3 nitrogen and oxygen atoms in total. The number of ether oxygens (including phenoxy) is 1. The number of aliphatic imine (C=N–C) groups is 1. The van der Waals surface area contributed by atoms with Gasteiger partial charge in [0.15, 0.2) is 0 Å². The van der Waals surface area contributed by atoms with Gasteiger partial charge in [-0.15, -0.1) is 0 Å². The van der Waals surface area contributed by atoms with Gasteiger partial charge in [0.2, 0.25) is 5.90 Å². The summed E-state index contributed by atoms with van der Waals surface area (Å²) in [5.74, 6) is -0.0619. The van der Waals surface area contributed by atoms with Gasteiger partial charge in [-0.2, -0.15) is 0 Å².